The van der Waals surface area contributed by atoms with E-state index in [1.54, 1.807) is 0 Å². The molecule has 0 bridgehead atoms. The fourth-order valence-corrected chi connectivity index (χ4v) is 2.55. The Balaban J connectivity index is 2.06. The van der Waals surface area contributed by atoms with Gasteiger partial charge in [-0.15, -0.1) is 0 Å². The molecule has 0 heterocycles. The van der Waals surface area contributed by atoms with Crippen LogP contribution in [0.5, 0.6) is 5.75 Å². The van der Waals surface area contributed by atoms with Gasteiger partial charge in [-0.05, 0) is 6.42 Å². The molecule has 1 aromatic carbocycles. The summed E-state index contributed by atoms with van der Waals surface area (Å²) in [7, 11) is 0. The lowest BCUT2D eigenvalue weighted by molar-refractivity contribution is -0.162. The molecule has 1 rings (SSSR count). The van der Waals surface area contributed by atoms with E-state index >= 15 is 0 Å². The van der Waals surface area contributed by atoms with Crippen LogP contribution in [0.4, 0.5) is 8.78 Å². The minimum atomic E-state index is -1.29. The fourth-order valence-electron chi connectivity index (χ4n) is 2.55. The molecule has 0 saturated heterocycles. The van der Waals surface area contributed by atoms with Crippen LogP contribution in [-0.2, 0) is 14.3 Å². The fraction of sp³-hybridized carbons (Fsp3) is 0.600. The summed E-state index contributed by atoms with van der Waals surface area (Å²) >= 11 is 0. The highest BCUT2D eigenvalue weighted by atomic mass is 19.1. The zero-order valence-corrected chi connectivity index (χ0v) is 15.4. The molecule has 0 aromatic heterocycles. The van der Waals surface area contributed by atoms with Gasteiger partial charge in [0.1, 0.15) is 17.4 Å². The van der Waals surface area contributed by atoms with E-state index in [0.29, 0.717) is 12.5 Å². The smallest absolute Gasteiger partial charge is 0.422 e. The largest absolute Gasteiger partial charge is 0.457 e. The van der Waals surface area contributed by atoms with Gasteiger partial charge in [0.25, 0.3) is 0 Å². The standard InChI is InChI=1S/C20H28F2O4/c1-2-3-4-5-6-7-8-9-10-11-12-25-19(23)20(24)26-18-14-16(21)13-17(22)15-18/h13-15H,2-12H2,1H3. The van der Waals surface area contributed by atoms with Crippen LogP contribution < -0.4 is 4.74 Å². The Morgan fingerprint density at radius 3 is 1.81 bits per heavy atom. The van der Waals surface area contributed by atoms with E-state index in [-0.39, 0.29) is 12.4 Å². The van der Waals surface area contributed by atoms with Crippen molar-refractivity contribution in [1.82, 2.24) is 0 Å². The highest BCUT2D eigenvalue weighted by Gasteiger charge is 2.18. The molecule has 0 aliphatic carbocycles. The number of carbonyl (C=O) groups excluding carboxylic acids is 2. The number of benzene rings is 1. The van der Waals surface area contributed by atoms with E-state index in [1.165, 1.54) is 38.5 Å². The second-order valence-corrected chi connectivity index (χ2v) is 6.31. The van der Waals surface area contributed by atoms with Gasteiger partial charge in [0.05, 0.1) is 6.61 Å². The highest BCUT2D eigenvalue weighted by molar-refractivity contribution is 6.30. The van der Waals surface area contributed by atoms with Gasteiger partial charge in [-0.25, -0.2) is 18.4 Å². The summed E-state index contributed by atoms with van der Waals surface area (Å²) < 4.78 is 35.4. The van der Waals surface area contributed by atoms with Gasteiger partial charge in [0.2, 0.25) is 0 Å². The molecule has 0 atom stereocenters. The van der Waals surface area contributed by atoms with Crippen LogP contribution in [0.25, 0.3) is 0 Å². The molecule has 0 N–H and O–H groups in total. The zero-order chi connectivity index (χ0) is 19.2. The third kappa shape index (κ3) is 10.1. The highest BCUT2D eigenvalue weighted by Crippen LogP contribution is 2.15. The first-order valence-corrected chi connectivity index (χ1v) is 9.38. The maximum atomic E-state index is 13.0. The summed E-state index contributed by atoms with van der Waals surface area (Å²) in [6.07, 6.45) is 11.5. The van der Waals surface area contributed by atoms with Crippen LogP contribution in [0.15, 0.2) is 18.2 Å². The molecule has 0 spiro atoms. The first kappa shape index (κ1) is 22.1. The average Bonchev–Trinajstić information content (AvgIpc) is 2.58. The van der Waals surface area contributed by atoms with Crippen LogP contribution in [0.2, 0.25) is 0 Å². The first-order valence-electron chi connectivity index (χ1n) is 9.38. The lowest BCUT2D eigenvalue weighted by atomic mass is 10.1. The Bertz CT molecular complexity index is 540. The minimum absolute atomic E-state index is 0.127. The summed E-state index contributed by atoms with van der Waals surface area (Å²) in [4.78, 5) is 23.0. The molecule has 0 saturated carbocycles. The van der Waals surface area contributed by atoms with Crippen molar-refractivity contribution in [3.63, 3.8) is 0 Å². The van der Waals surface area contributed by atoms with E-state index in [9.17, 15) is 18.4 Å². The van der Waals surface area contributed by atoms with E-state index in [1.807, 2.05) is 0 Å². The summed E-state index contributed by atoms with van der Waals surface area (Å²) in [5.74, 6) is -4.62. The number of ether oxygens (including phenoxy) is 2. The zero-order valence-electron chi connectivity index (χ0n) is 15.4. The van der Waals surface area contributed by atoms with Gasteiger partial charge in [0, 0.05) is 18.2 Å². The van der Waals surface area contributed by atoms with Gasteiger partial charge in [-0.2, -0.15) is 0 Å². The summed E-state index contributed by atoms with van der Waals surface area (Å²) in [6, 6.07) is 2.27. The SMILES string of the molecule is CCCCCCCCCCCCOC(=O)C(=O)Oc1cc(F)cc(F)c1. The summed E-state index contributed by atoms with van der Waals surface area (Å²) in [5.41, 5.74) is 0. The monoisotopic (exact) mass is 370 g/mol. The third-order valence-corrected chi connectivity index (χ3v) is 3.94. The summed E-state index contributed by atoms with van der Waals surface area (Å²) in [6.45, 7) is 2.33. The van der Waals surface area contributed by atoms with E-state index in [2.05, 4.69) is 11.7 Å². The Hall–Kier alpha value is -1.98. The van der Waals surface area contributed by atoms with Crippen LogP contribution in [0, 0.1) is 11.6 Å². The topological polar surface area (TPSA) is 52.6 Å². The molecule has 0 unspecified atom stereocenters. The predicted octanol–water partition coefficient (Wildman–Crippen LogP) is 5.33. The van der Waals surface area contributed by atoms with Crippen molar-refractivity contribution >= 4 is 11.9 Å². The normalized spacial score (nSPS) is 10.6. The minimum Gasteiger partial charge on any atom is -0.457 e. The molecule has 0 aliphatic rings. The van der Waals surface area contributed by atoms with Crippen molar-refractivity contribution in [1.29, 1.82) is 0 Å². The third-order valence-electron chi connectivity index (χ3n) is 3.94. The molecule has 0 amide bonds. The number of hydrogen-bond donors (Lipinski definition) is 0. The van der Waals surface area contributed by atoms with Crippen LogP contribution in [-0.4, -0.2) is 18.5 Å². The van der Waals surface area contributed by atoms with Crippen molar-refractivity contribution in [3.8, 4) is 5.75 Å². The average molecular weight is 370 g/mol. The molecule has 26 heavy (non-hydrogen) atoms. The first-order chi connectivity index (χ1) is 12.5. The molecule has 1 aromatic rings. The van der Waals surface area contributed by atoms with Crippen molar-refractivity contribution in [3.05, 3.63) is 29.8 Å². The van der Waals surface area contributed by atoms with Gasteiger partial charge < -0.3 is 9.47 Å². The van der Waals surface area contributed by atoms with Crippen molar-refractivity contribution < 1.29 is 27.8 Å². The number of carbonyl (C=O) groups is 2. The van der Waals surface area contributed by atoms with E-state index < -0.39 is 23.6 Å². The number of esters is 2. The Morgan fingerprint density at radius 1 is 0.769 bits per heavy atom. The van der Waals surface area contributed by atoms with Crippen LogP contribution >= 0.6 is 0 Å². The maximum Gasteiger partial charge on any atom is 0.422 e. The van der Waals surface area contributed by atoms with Gasteiger partial charge in [-0.3, -0.25) is 0 Å². The number of unbranched alkanes of at least 4 members (excludes halogenated alkanes) is 9. The van der Waals surface area contributed by atoms with Gasteiger partial charge in [0.15, 0.2) is 0 Å². The summed E-state index contributed by atoms with van der Waals surface area (Å²) in [5, 5.41) is 0. The van der Waals surface area contributed by atoms with E-state index in [0.717, 1.165) is 31.4 Å². The lowest BCUT2D eigenvalue weighted by Crippen LogP contribution is -2.23. The quantitative estimate of drug-likeness (QED) is 0.216. The number of hydrogen-bond acceptors (Lipinski definition) is 4. The van der Waals surface area contributed by atoms with Gasteiger partial charge >= 0.3 is 11.9 Å². The second-order valence-electron chi connectivity index (χ2n) is 6.31. The van der Waals surface area contributed by atoms with Crippen molar-refractivity contribution in [2.24, 2.45) is 0 Å². The molecule has 0 fully saturated rings. The molecule has 146 valence electrons. The second kappa shape index (κ2) is 13.3. The predicted molar refractivity (Wildman–Crippen MR) is 94.8 cm³/mol. The number of rotatable bonds is 12. The van der Waals surface area contributed by atoms with Crippen molar-refractivity contribution in [2.75, 3.05) is 6.61 Å². The Labute approximate surface area is 153 Å². The van der Waals surface area contributed by atoms with Crippen LogP contribution in [0.1, 0.15) is 71.1 Å². The molecule has 0 radical (unpaired) electrons. The molecule has 0 aliphatic heterocycles. The molecule has 4 nitrogen and oxygen atoms in total. The molecule has 6 heteroatoms. The Morgan fingerprint density at radius 2 is 1.27 bits per heavy atom. The van der Waals surface area contributed by atoms with Gasteiger partial charge in [-0.1, -0.05) is 64.7 Å². The Kier molecular flexibility index (Phi) is 11.2. The van der Waals surface area contributed by atoms with Crippen molar-refractivity contribution in [2.45, 2.75) is 71.1 Å². The number of halogens is 2. The molecular weight excluding hydrogens is 342 g/mol. The molecular formula is C20H28F2O4. The maximum absolute atomic E-state index is 13.0. The van der Waals surface area contributed by atoms with E-state index in [4.69, 9.17) is 4.74 Å². The van der Waals surface area contributed by atoms with Crippen LogP contribution in [0.3, 0.4) is 0 Å². The lowest BCUT2D eigenvalue weighted by Gasteiger charge is -2.06.